The first-order valence-electron chi connectivity index (χ1n) is 7.24. The summed E-state index contributed by atoms with van der Waals surface area (Å²) in [6.45, 7) is 10.5. The Kier molecular flexibility index (Phi) is 4.05. The summed E-state index contributed by atoms with van der Waals surface area (Å²) in [5.41, 5.74) is 6.78. The predicted octanol–water partition coefficient (Wildman–Crippen LogP) is 3.60. The minimum atomic E-state index is -1.34. The maximum atomic E-state index is 11.8. The van der Waals surface area contributed by atoms with Gasteiger partial charge in [-0.15, -0.1) is 5.54 Å². The van der Waals surface area contributed by atoms with Crippen LogP contribution >= 0.6 is 0 Å². The molecule has 1 aromatic rings. The molecule has 20 heavy (non-hydrogen) atoms. The van der Waals surface area contributed by atoms with Crippen molar-refractivity contribution >= 4 is 19.7 Å². The summed E-state index contributed by atoms with van der Waals surface area (Å²) in [6, 6.07) is 6.55. The first-order valence-corrected chi connectivity index (χ1v) is 10.7. The number of aryl methyl sites for hydroxylation is 1. The Balaban J connectivity index is 2.37. The Morgan fingerprint density at radius 1 is 1.35 bits per heavy atom. The van der Waals surface area contributed by atoms with Gasteiger partial charge in [0.05, 0.1) is 0 Å². The van der Waals surface area contributed by atoms with Crippen molar-refractivity contribution in [1.82, 2.24) is 0 Å². The zero-order valence-corrected chi connectivity index (χ0v) is 14.1. The van der Waals surface area contributed by atoms with Gasteiger partial charge >= 0.3 is 0 Å². The number of benzene rings is 1. The molecule has 2 nitrogen and oxygen atoms in total. The summed E-state index contributed by atoms with van der Waals surface area (Å²) in [7, 11) is -1.34. The normalized spacial score (nSPS) is 18.1. The number of fused-ring (bicyclic) bond motifs is 1. The SMILES string of the molecule is CC(=O)N1c2ccc(C#C[Si](C)(C)C)cc2CCC1C. The largest absolute Gasteiger partial charge is 0.310 e. The van der Waals surface area contributed by atoms with Crippen molar-refractivity contribution in [2.24, 2.45) is 0 Å². The van der Waals surface area contributed by atoms with E-state index in [1.165, 1.54) is 5.56 Å². The molecule has 1 aliphatic heterocycles. The van der Waals surface area contributed by atoms with E-state index in [0.717, 1.165) is 24.1 Å². The molecule has 0 saturated heterocycles. The molecule has 1 heterocycles. The van der Waals surface area contributed by atoms with Gasteiger partial charge in [-0.05, 0) is 43.5 Å². The number of anilines is 1. The second-order valence-electron chi connectivity index (χ2n) is 6.62. The van der Waals surface area contributed by atoms with E-state index in [2.05, 4.69) is 50.2 Å². The van der Waals surface area contributed by atoms with Crippen LogP contribution in [0.5, 0.6) is 0 Å². The second kappa shape index (κ2) is 5.45. The Bertz CT molecular complexity index is 589. The lowest BCUT2D eigenvalue weighted by atomic mass is 9.95. The molecule has 1 aromatic carbocycles. The number of nitrogens with zero attached hydrogens (tertiary/aromatic N) is 1. The molecule has 0 spiro atoms. The van der Waals surface area contributed by atoms with Gasteiger partial charge in [0.2, 0.25) is 5.91 Å². The van der Waals surface area contributed by atoms with Gasteiger partial charge in [-0.1, -0.05) is 25.6 Å². The molecule has 0 aromatic heterocycles. The lowest BCUT2D eigenvalue weighted by Gasteiger charge is -2.34. The minimum Gasteiger partial charge on any atom is -0.310 e. The monoisotopic (exact) mass is 285 g/mol. The van der Waals surface area contributed by atoms with Crippen LogP contribution in [0.3, 0.4) is 0 Å². The van der Waals surface area contributed by atoms with Crippen LogP contribution in [0.15, 0.2) is 18.2 Å². The third-order valence-corrected chi connectivity index (χ3v) is 4.41. The number of carbonyl (C=O) groups excluding carboxylic acids is 1. The summed E-state index contributed by atoms with van der Waals surface area (Å²) in [5, 5.41) is 0. The quantitative estimate of drug-likeness (QED) is 0.527. The summed E-state index contributed by atoms with van der Waals surface area (Å²) in [4.78, 5) is 13.7. The van der Waals surface area contributed by atoms with Crippen LogP contribution in [0.2, 0.25) is 19.6 Å². The highest BCUT2D eigenvalue weighted by molar-refractivity contribution is 6.83. The Hall–Kier alpha value is -1.53. The summed E-state index contributed by atoms with van der Waals surface area (Å²) in [6.07, 6.45) is 2.06. The third-order valence-electron chi connectivity index (χ3n) is 3.53. The highest BCUT2D eigenvalue weighted by Crippen LogP contribution is 2.31. The Labute approximate surface area is 123 Å². The van der Waals surface area contributed by atoms with Crippen molar-refractivity contribution in [1.29, 1.82) is 0 Å². The summed E-state index contributed by atoms with van der Waals surface area (Å²) >= 11 is 0. The summed E-state index contributed by atoms with van der Waals surface area (Å²) < 4.78 is 0. The van der Waals surface area contributed by atoms with Crippen LogP contribution in [0, 0.1) is 11.5 Å². The fraction of sp³-hybridized carbons (Fsp3) is 0.471. The van der Waals surface area contributed by atoms with Gasteiger partial charge in [0.25, 0.3) is 0 Å². The van der Waals surface area contributed by atoms with E-state index in [9.17, 15) is 4.79 Å². The highest BCUT2D eigenvalue weighted by Gasteiger charge is 2.25. The van der Waals surface area contributed by atoms with Crippen LogP contribution in [0.4, 0.5) is 5.69 Å². The lowest BCUT2D eigenvalue weighted by Crippen LogP contribution is -2.40. The lowest BCUT2D eigenvalue weighted by molar-refractivity contribution is -0.117. The topological polar surface area (TPSA) is 20.3 Å². The molecule has 1 atom stereocenters. The van der Waals surface area contributed by atoms with Gasteiger partial charge in [0, 0.05) is 24.2 Å². The second-order valence-corrected chi connectivity index (χ2v) is 11.4. The molecular weight excluding hydrogens is 262 g/mol. The zero-order valence-electron chi connectivity index (χ0n) is 13.1. The molecule has 0 radical (unpaired) electrons. The van der Waals surface area contributed by atoms with Crippen molar-refractivity contribution in [3.63, 3.8) is 0 Å². The van der Waals surface area contributed by atoms with Crippen molar-refractivity contribution in [2.75, 3.05) is 4.90 Å². The predicted molar refractivity (Wildman–Crippen MR) is 87.6 cm³/mol. The number of hydrogen-bond donors (Lipinski definition) is 0. The molecule has 1 amide bonds. The molecule has 1 aliphatic rings. The molecule has 0 saturated carbocycles. The molecule has 0 aliphatic carbocycles. The van der Waals surface area contributed by atoms with Gasteiger partial charge in [-0.25, -0.2) is 0 Å². The first-order chi connectivity index (χ1) is 9.28. The molecule has 0 fully saturated rings. The van der Waals surface area contributed by atoms with Crippen LogP contribution in [-0.2, 0) is 11.2 Å². The number of amides is 1. The van der Waals surface area contributed by atoms with Crippen LogP contribution in [-0.4, -0.2) is 20.0 Å². The number of rotatable bonds is 0. The van der Waals surface area contributed by atoms with E-state index in [0.29, 0.717) is 6.04 Å². The van der Waals surface area contributed by atoms with Crippen molar-refractivity contribution < 1.29 is 4.79 Å². The van der Waals surface area contributed by atoms with Crippen LogP contribution in [0.25, 0.3) is 0 Å². The highest BCUT2D eigenvalue weighted by atomic mass is 28.3. The fourth-order valence-electron chi connectivity index (χ4n) is 2.57. The Morgan fingerprint density at radius 3 is 2.65 bits per heavy atom. The van der Waals surface area contributed by atoms with Crippen LogP contribution < -0.4 is 4.90 Å². The molecule has 106 valence electrons. The van der Waals surface area contributed by atoms with Gasteiger partial charge in [-0.2, -0.15) is 0 Å². The molecule has 1 unspecified atom stereocenters. The molecule has 2 rings (SSSR count). The maximum Gasteiger partial charge on any atom is 0.224 e. The van der Waals surface area contributed by atoms with Crippen molar-refractivity contribution in [2.45, 2.75) is 52.4 Å². The Morgan fingerprint density at radius 2 is 2.05 bits per heavy atom. The van der Waals surface area contributed by atoms with Gasteiger partial charge in [0.15, 0.2) is 0 Å². The van der Waals surface area contributed by atoms with E-state index in [-0.39, 0.29) is 5.91 Å². The van der Waals surface area contributed by atoms with E-state index in [1.54, 1.807) is 6.92 Å². The van der Waals surface area contributed by atoms with Crippen molar-refractivity contribution in [3.8, 4) is 11.5 Å². The molecule has 0 N–H and O–H groups in total. The minimum absolute atomic E-state index is 0.124. The number of hydrogen-bond acceptors (Lipinski definition) is 1. The average Bonchev–Trinajstić information content (AvgIpc) is 2.34. The molecule has 3 heteroatoms. The standard InChI is InChI=1S/C17H23NOSi/c1-13-6-8-16-12-15(10-11-20(3,4)5)7-9-17(16)18(13)14(2)19/h7,9,12-13H,6,8H2,1-5H3. The van der Waals surface area contributed by atoms with E-state index in [1.807, 2.05) is 11.0 Å². The van der Waals surface area contributed by atoms with Gasteiger partial charge in [0.1, 0.15) is 8.07 Å². The average molecular weight is 285 g/mol. The zero-order chi connectivity index (χ0) is 14.9. The van der Waals surface area contributed by atoms with Gasteiger partial charge in [-0.3, -0.25) is 4.79 Å². The van der Waals surface area contributed by atoms with E-state index in [4.69, 9.17) is 0 Å². The first kappa shape index (κ1) is 14.9. The van der Waals surface area contributed by atoms with Crippen molar-refractivity contribution in [3.05, 3.63) is 29.3 Å². The third kappa shape index (κ3) is 3.32. The molecule has 0 bridgehead atoms. The fourth-order valence-corrected chi connectivity index (χ4v) is 3.09. The summed E-state index contributed by atoms with van der Waals surface area (Å²) in [5.74, 6) is 3.42. The van der Waals surface area contributed by atoms with E-state index < -0.39 is 8.07 Å². The van der Waals surface area contributed by atoms with Gasteiger partial charge < -0.3 is 4.90 Å². The maximum absolute atomic E-state index is 11.8. The van der Waals surface area contributed by atoms with E-state index >= 15 is 0 Å². The number of carbonyl (C=O) groups is 1. The smallest absolute Gasteiger partial charge is 0.224 e. The van der Waals surface area contributed by atoms with Crippen LogP contribution in [0.1, 0.15) is 31.4 Å². The molecular formula is C17H23NOSi.